The Balaban J connectivity index is 0.00000108. The molecule has 4 aromatic rings. The SMILES string of the molecule is Clc1ccc2c(c1)[C@H]1c3cccc[n+]3[C@@H]2[C@H]2c3cc(Cl)ccc3[C@@H]1[n+]1ccccc12.[Br-].[Br-]. The van der Waals surface area contributed by atoms with Crippen molar-refractivity contribution in [3.63, 3.8) is 0 Å². The lowest BCUT2D eigenvalue weighted by molar-refractivity contribution is -0.769. The molecular weight excluding hydrogens is 571 g/mol. The summed E-state index contributed by atoms with van der Waals surface area (Å²) < 4.78 is 4.97. The summed E-state index contributed by atoms with van der Waals surface area (Å²) in [5, 5.41) is 1.60. The maximum absolute atomic E-state index is 6.53. The molecule has 0 unspecified atom stereocenters. The highest BCUT2D eigenvalue weighted by atomic mass is 79.9. The zero-order valence-corrected chi connectivity index (χ0v) is 21.5. The van der Waals surface area contributed by atoms with Crippen LogP contribution >= 0.6 is 23.2 Å². The van der Waals surface area contributed by atoms with Crippen LogP contribution in [0, 0.1) is 0 Å². The van der Waals surface area contributed by atoms with Crippen molar-refractivity contribution in [2.75, 3.05) is 0 Å². The maximum atomic E-state index is 6.53. The van der Waals surface area contributed by atoms with Gasteiger partial charge in [-0.05, 0) is 35.4 Å². The maximum Gasteiger partial charge on any atom is 0.200 e. The summed E-state index contributed by atoms with van der Waals surface area (Å²) in [5.41, 5.74) is 8.10. The van der Waals surface area contributed by atoms with Gasteiger partial charge in [-0.1, -0.05) is 47.5 Å². The van der Waals surface area contributed by atoms with E-state index in [1.807, 2.05) is 12.1 Å². The number of hydrogen-bond acceptors (Lipinski definition) is 0. The largest absolute Gasteiger partial charge is 1.00 e. The van der Waals surface area contributed by atoms with E-state index in [9.17, 15) is 0 Å². The van der Waals surface area contributed by atoms with Gasteiger partial charge in [-0.3, -0.25) is 0 Å². The van der Waals surface area contributed by atoms with Crippen LogP contribution in [0.2, 0.25) is 10.0 Å². The van der Waals surface area contributed by atoms with Gasteiger partial charge >= 0.3 is 0 Å². The number of pyridine rings is 2. The van der Waals surface area contributed by atoms with Gasteiger partial charge in [0.2, 0.25) is 12.1 Å². The Morgan fingerprint density at radius 1 is 0.531 bits per heavy atom. The number of nitrogens with zero attached hydrogens (tertiary/aromatic N) is 2. The highest BCUT2D eigenvalue weighted by Crippen LogP contribution is 2.54. The normalized spacial score (nSPS) is 22.8. The minimum atomic E-state index is 0. The molecule has 2 nitrogen and oxygen atoms in total. The Kier molecular flexibility index (Phi) is 5.49. The lowest BCUT2D eigenvalue weighted by Crippen LogP contribution is -3.00. The lowest BCUT2D eigenvalue weighted by atomic mass is 9.65. The van der Waals surface area contributed by atoms with Crippen molar-refractivity contribution < 1.29 is 43.1 Å². The summed E-state index contributed by atoms with van der Waals surface area (Å²) in [7, 11) is 0. The van der Waals surface area contributed by atoms with Gasteiger partial charge in [-0.15, -0.1) is 0 Å². The number of hydrogen-bond donors (Lipinski definition) is 0. The fraction of sp³-hybridized carbons (Fsp3) is 0.154. The molecule has 7 heterocycles. The van der Waals surface area contributed by atoms with E-state index in [2.05, 4.69) is 82.2 Å². The third-order valence-electron chi connectivity index (χ3n) is 7.12. The van der Waals surface area contributed by atoms with Crippen LogP contribution in [-0.2, 0) is 0 Å². The summed E-state index contributed by atoms with van der Waals surface area (Å²) in [4.78, 5) is 0. The minimum absolute atomic E-state index is 0. The lowest BCUT2D eigenvalue weighted by Gasteiger charge is -2.42. The van der Waals surface area contributed by atoms with Crippen molar-refractivity contribution >= 4 is 23.2 Å². The Hall–Kier alpha value is -1.72. The molecule has 0 saturated carbocycles. The average molecular weight is 589 g/mol. The molecule has 2 aromatic heterocycles. The number of benzene rings is 2. The van der Waals surface area contributed by atoms with Crippen LogP contribution in [0.4, 0.5) is 0 Å². The summed E-state index contributed by atoms with van der Waals surface area (Å²) in [6, 6.07) is 26.3. The highest BCUT2D eigenvalue weighted by molar-refractivity contribution is 6.31. The van der Waals surface area contributed by atoms with Crippen LogP contribution in [0.3, 0.4) is 0 Å². The quantitative estimate of drug-likeness (QED) is 0.242. The molecule has 0 radical (unpaired) electrons. The van der Waals surface area contributed by atoms with Crippen molar-refractivity contribution in [2.45, 2.75) is 23.9 Å². The van der Waals surface area contributed by atoms with Crippen molar-refractivity contribution in [1.82, 2.24) is 0 Å². The van der Waals surface area contributed by atoms with E-state index >= 15 is 0 Å². The summed E-state index contributed by atoms with van der Waals surface area (Å²) in [5.74, 6) is 0.340. The van der Waals surface area contributed by atoms with E-state index in [0.29, 0.717) is 0 Å². The monoisotopic (exact) mass is 586 g/mol. The molecule has 1 aliphatic carbocycles. The Morgan fingerprint density at radius 3 is 1.41 bits per heavy atom. The van der Waals surface area contributed by atoms with Crippen molar-refractivity contribution in [3.8, 4) is 0 Å². The first-order valence-corrected chi connectivity index (χ1v) is 11.1. The van der Waals surface area contributed by atoms with Crippen LogP contribution in [0.5, 0.6) is 0 Å². The third kappa shape index (κ3) is 2.83. The van der Waals surface area contributed by atoms with Gasteiger partial charge in [0.15, 0.2) is 23.8 Å². The third-order valence-corrected chi connectivity index (χ3v) is 7.59. The molecular formula is C26H18Br2Cl2N2. The van der Waals surface area contributed by atoms with E-state index in [1.165, 1.54) is 33.6 Å². The van der Waals surface area contributed by atoms with Gasteiger partial charge < -0.3 is 34.0 Å². The van der Waals surface area contributed by atoms with Crippen LogP contribution in [0.15, 0.2) is 85.2 Å². The molecule has 10 rings (SSSR count). The molecule has 0 saturated heterocycles. The second kappa shape index (κ2) is 7.95. The van der Waals surface area contributed by atoms with Crippen molar-refractivity contribution in [1.29, 1.82) is 0 Å². The molecule has 6 heteroatoms. The van der Waals surface area contributed by atoms with Crippen molar-refractivity contribution in [3.05, 3.63) is 129 Å². The van der Waals surface area contributed by atoms with E-state index in [-0.39, 0.29) is 57.9 Å². The van der Waals surface area contributed by atoms with Crippen LogP contribution in [-0.4, -0.2) is 0 Å². The molecule has 2 aromatic carbocycles. The predicted octanol–water partition coefficient (Wildman–Crippen LogP) is -0.640. The standard InChI is InChI=1S/C26H18Cl2N2.2BrH/c27-15-7-9-17-19(13-15)23-21-5-1-3-11-29(21)26(17)24-20-14-16(28)8-10-18(20)25(23)30-12-4-2-6-22(24)30;;/h1-14,23-26H;2*1H/q+2;;/p-2/t23-,24-,25-,26-;;/m0../s1. The van der Waals surface area contributed by atoms with Gasteiger partial charge in [-0.2, -0.15) is 9.13 Å². The molecule has 6 aliphatic rings. The van der Waals surface area contributed by atoms with E-state index < -0.39 is 0 Å². The van der Waals surface area contributed by atoms with E-state index in [4.69, 9.17) is 23.2 Å². The molecule has 0 N–H and O–H groups in total. The summed E-state index contributed by atoms with van der Waals surface area (Å²) in [6.07, 6.45) is 4.48. The Morgan fingerprint density at radius 2 is 0.969 bits per heavy atom. The fourth-order valence-electron chi connectivity index (χ4n) is 6.10. The first-order valence-electron chi connectivity index (χ1n) is 10.3. The molecule has 0 spiro atoms. The van der Waals surface area contributed by atoms with Gasteiger partial charge in [0.05, 0.1) is 0 Å². The van der Waals surface area contributed by atoms with Gasteiger partial charge in [0.1, 0.15) is 11.8 Å². The first kappa shape index (κ1) is 22.1. The van der Waals surface area contributed by atoms with Gasteiger partial charge in [0.25, 0.3) is 0 Å². The van der Waals surface area contributed by atoms with Crippen LogP contribution in [0.1, 0.15) is 57.6 Å². The van der Waals surface area contributed by atoms with Crippen LogP contribution < -0.4 is 43.1 Å². The highest BCUT2D eigenvalue weighted by Gasteiger charge is 2.58. The smallest absolute Gasteiger partial charge is 0.200 e. The first-order chi connectivity index (χ1) is 14.7. The van der Waals surface area contributed by atoms with E-state index in [0.717, 1.165) is 10.0 Å². The molecule has 0 fully saturated rings. The second-order valence-electron chi connectivity index (χ2n) is 8.46. The van der Waals surface area contributed by atoms with Gasteiger partial charge in [-0.25, -0.2) is 0 Å². The molecule has 0 amide bonds. The fourth-order valence-corrected chi connectivity index (χ4v) is 6.46. The zero-order chi connectivity index (χ0) is 20.0. The number of aromatic nitrogens is 2. The number of halogens is 4. The second-order valence-corrected chi connectivity index (χ2v) is 9.33. The molecule has 4 bridgehead atoms. The topological polar surface area (TPSA) is 7.76 Å². The predicted molar refractivity (Wildman–Crippen MR) is 116 cm³/mol. The Labute approximate surface area is 218 Å². The minimum Gasteiger partial charge on any atom is -1.00 e. The molecule has 4 atom stereocenters. The van der Waals surface area contributed by atoms with Gasteiger partial charge in [0, 0.05) is 45.4 Å². The summed E-state index contributed by atoms with van der Waals surface area (Å²) >= 11 is 13.1. The molecule has 5 aliphatic heterocycles. The van der Waals surface area contributed by atoms with Crippen molar-refractivity contribution in [2.24, 2.45) is 0 Å². The van der Waals surface area contributed by atoms with Crippen LogP contribution in [0.25, 0.3) is 0 Å². The average Bonchev–Trinajstić information content (AvgIpc) is 2.75. The zero-order valence-electron chi connectivity index (χ0n) is 16.8. The molecule has 32 heavy (non-hydrogen) atoms. The Bertz CT molecular complexity index is 1270. The molecule has 160 valence electrons. The number of rotatable bonds is 0. The van der Waals surface area contributed by atoms with E-state index in [1.54, 1.807) is 0 Å². The summed E-state index contributed by atoms with van der Waals surface area (Å²) in [6.45, 7) is 0.